The van der Waals surface area contributed by atoms with Crippen LogP contribution in [0, 0.1) is 0 Å². The zero-order valence-electron chi connectivity index (χ0n) is 17.8. The topological polar surface area (TPSA) is 76.5 Å². The maximum Gasteiger partial charge on any atom is 0.351 e. The summed E-state index contributed by atoms with van der Waals surface area (Å²) in [7, 11) is 0. The van der Waals surface area contributed by atoms with E-state index in [-0.39, 0.29) is 30.5 Å². The van der Waals surface area contributed by atoms with Crippen LogP contribution >= 0.6 is 29.2 Å². The fourth-order valence-electron chi connectivity index (χ4n) is 3.40. The molecule has 1 N–H and O–H groups in total. The van der Waals surface area contributed by atoms with E-state index in [1.807, 2.05) is 28.8 Å². The van der Waals surface area contributed by atoms with Gasteiger partial charge in [-0.05, 0) is 24.6 Å². The zero-order valence-corrected chi connectivity index (χ0v) is 20.3. The molecule has 0 bridgehead atoms. The van der Waals surface area contributed by atoms with Gasteiger partial charge in [-0.1, -0.05) is 39.0 Å². The Balaban J connectivity index is 1.49. The van der Waals surface area contributed by atoms with Crippen molar-refractivity contribution in [3.8, 4) is 0 Å². The van der Waals surface area contributed by atoms with Crippen molar-refractivity contribution in [3.05, 3.63) is 58.6 Å². The van der Waals surface area contributed by atoms with Gasteiger partial charge in [0.15, 0.2) is 6.23 Å². The molecular formula is C21H27N4O3PS2. The van der Waals surface area contributed by atoms with Crippen LogP contribution in [0.4, 0.5) is 5.82 Å². The number of ether oxygens (including phenoxy) is 1. The molecule has 2 aliphatic rings. The lowest BCUT2D eigenvalue weighted by Crippen LogP contribution is -2.45. The summed E-state index contributed by atoms with van der Waals surface area (Å²) >= 11 is 4.10. The first-order chi connectivity index (χ1) is 14.9. The number of hydrogen-bond donors (Lipinski definition) is 1. The lowest BCUT2D eigenvalue weighted by atomic mass is 10.2. The first-order valence-corrected chi connectivity index (χ1v) is 14.7. The Kier molecular flexibility index (Phi) is 7.39. The summed E-state index contributed by atoms with van der Waals surface area (Å²) in [6.07, 6.45) is 2.26. The monoisotopic (exact) mass is 478 g/mol. The van der Waals surface area contributed by atoms with Gasteiger partial charge in [-0.2, -0.15) is 4.98 Å². The summed E-state index contributed by atoms with van der Waals surface area (Å²) in [6.45, 7) is 7.90. The van der Waals surface area contributed by atoms with Gasteiger partial charge in [-0.15, -0.1) is 22.8 Å². The Hall–Kier alpha value is -1.38. The van der Waals surface area contributed by atoms with Crippen molar-refractivity contribution in [1.82, 2.24) is 14.2 Å². The molecule has 1 amide bonds. The van der Waals surface area contributed by atoms with Gasteiger partial charge in [-0.25, -0.2) is 4.79 Å². The smallest absolute Gasteiger partial charge is 0.351 e. The lowest BCUT2D eigenvalue weighted by Gasteiger charge is -2.40. The predicted molar refractivity (Wildman–Crippen MR) is 130 cm³/mol. The highest BCUT2D eigenvalue weighted by molar-refractivity contribution is 8.89. The fourth-order valence-corrected chi connectivity index (χ4v) is 13.5. The van der Waals surface area contributed by atoms with E-state index in [0.717, 1.165) is 13.0 Å². The van der Waals surface area contributed by atoms with Crippen molar-refractivity contribution in [3.63, 3.8) is 0 Å². The number of nitrogens with zero attached hydrogens (tertiary/aromatic N) is 3. The van der Waals surface area contributed by atoms with Gasteiger partial charge in [0, 0.05) is 35.3 Å². The summed E-state index contributed by atoms with van der Waals surface area (Å²) < 4.78 is 10.3. The third-order valence-corrected chi connectivity index (χ3v) is 14.2. The van der Waals surface area contributed by atoms with E-state index < -0.39 is 5.69 Å². The maximum atomic E-state index is 12.8. The first-order valence-electron chi connectivity index (χ1n) is 10.4. The molecule has 166 valence electrons. The van der Waals surface area contributed by atoms with Crippen LogP contribution in [0.3, 0.4) is 0 Å². The van der Waals surface area contributed by atoms with E-state index in [2.05, 4.69) is 35.7 Å². The largest absolute Gasteiger partial charge is 0.352 e. The van der Waals surface area contributed by atoms with Gasteiger partial charge < -0.3 is 10.1 Å². The standard InChI is InChI=1S/C21H27N4O3PS2/c1-4-17-12-24(29-30-14(2)15(3)31-29)13-19(28-17)25-11-10-18(23-21(25)27)22-20(26)16-8-6-5-7-9-16/h5-11,14-15,17,19H,4,12-13H2,1-3H3,(H,22,23,26,27)/t14?,15?,17-,19-,29?/m1/s1. The van der Waals surface area contributed by atoms with Crippen LogP contribution in [0.2, 0.25) is 0 Å². The third-order valence-electron chi connectivity index (χ3n) is 5.41. The SMILES string of the molecule is CC[C@@H]1CN(P2SC(C)C(C)S2)C[C@H](n2ccc(NC(=O)c3ccccc3)nc2=O)O1. The molecule has 31 heavy (non-hydrogen) atoms. The average Bonchev–Trinajstić information content (AvgIpc) is 3.12. The van der Waals surface area contributed by atoms with Crippen LogP contribution < -0.4 is 11.0 Å². The molecule has 7 nitrogen and oxygen atoms in total. The number of hydrogen-bond acceptors (Lipinski definition) is 7. The minimum absolute atomic E-state index is 0.0815. The first kappa shape index (κ1) is 22.8. The number of rotatable bonds is 5. The van der Waals surface area contributed by atoms with Gasteiger partial charge >= 0.3 is 5.69 Å². The van der Waals surface area contributed by atoms with Crippen LogP contribution in [0.5, 0.6) is 0 Å². The van der Waals surface area contributed by atoms with E-state index in [9.17, 15) is 9.59 Å². The summed E-state index contributed by atoms with van der Waals surface area (Å²) in [6, 6.07) is 10.5. The second kappa shape index (κ2) is 10.0. The Morgan fingerprint density at radius 2 is 1.90 bits per heavy atom. The predicted octanol–water partition coefficient (Wildman–Crippen LogP) is 4.59. The maximum absolute atomic E-state index is 12.8. The van der Waals surface area contributed by atoms with Gasteiger partial charge in [0.05, 0.1) is 12.6 Å². The number of anilines is 1. The molecule has 2 unspecified atom stereocenters. The van der Waals surface area contributed by atoms with E-state index in [4.69, 9.17) is 4.74 Å². The van der Waals surface area contributed by atoms with Crippen molar-refractivity contribution in [2.45, 2.75) is 50.0 Å². The highest BCUT2D eigenvalue weighted by atomic mass is 33.1. The van der Waals surface area contributed by atoms with Crippen LogP contribution in [-0.2, 0) is 4.74 Å². The van der Waals surface area contributed by atoms with Crippen molar-refractivity contribution < 1.29 is 9.53 Å². The van der Waals surface area contributed by atoms with Crippen LogP contribution in [0.15, 0.2) is 47.4 Å². The number of carbonyl (C=O) groups excluding carboxylic acids is 1. The quantitative estimate of drug-likeness (QED) is 0.630. The summed E-state index contributed by atoms with van der Waals surface area (Å²) in [4.78, 5) is 29.2. The lowest BCUT2D eigenvalue weighted by molar-refractivity contribution is -0.102. The molecule has 0 radical (unpaired) electrons. The van der Waals surface area contributed by atoms with Gasteiger partial charge in [0.1, 0.15) is 5.82 Å². The molecule has 2 fully saturated rings. The Morgan fingerprint density at radius 1 is 1.19 bits per heavy atom. The summed E-state index contributed by atoms with van der Waals surface area (Å²) in [5, 5.41) is 3.96. The minimum Gasteiger partial charge on any atom is -0.352 e. The molecule has 10 heteroatoms. The number of carbonyl (C=O) groups is 1. The fraction of sp³-hybridized carbons (Fsp3) is 0.476. The highest BCUT2D eigenvalue weighted by Crippen LogP contribution is 2.73. The highest BCUT2D eigenvalue weighted by Gasteiger charge is 2.39. The van der Waals surface area contributed by atoms with Crippen LogP contribution in [0.1, 0.15) is 43.8 Å². The molecular weight excluding hydrogens is 451 g/mol. The minimum atomic E-state index is -0.422. The van der Waals surface area contributed by atoms with E-state index in [1.165, 1.54) is 0 Å². The van der Waals surface area contributed by atoms with Gasteiger partial charge in [0.2, 0.25) is 0 Å². The van der Waals surface area contributed by atoms with E-state index in [1.54, 1.807) is 41.1 Å². The van der Waals surface area contributed by atoms with E-state index >= 15 is 0 Å². The van der Waals surface area contributed by atoms with Crippen molar-refractivity contribution in [1.29, 1.82) is 0 Å². The Morgan fingerprint density at radius 3 is 2.55 bits per heavy atom. The average molecular weight is 479 g/mol. The van der Waals surface area contributed by atoms with Crippen molar-refractivity contribution in [2.75, 3.05) is 18.4 Å². The molecule has 2 aliphatic heterocycles. The van der Waals surface area contributed by atoms with Crippen LogP contribution in [0.25, 0.3) is 0 Å². The van der Waals surface area contributed by atoms with E-state index in [0.29, 0.717) is 22.6 Å². The molecule has 4 atom stereocenters. The molecule has 2 aromatic rings. The molecule has 0 spiro atoms. The number of benzene rings is 1. The van der Waals surface area contributed by atoms with Gasteiger partial charge in [-0.3, -0.25) is 14.0 Å². The number of amides is 1. The second-order valence-corrected chi connectivity index (χ2v) is 14.7. The van der Waals surface area contributed by atoms with Gasteiger partial charge in [0.25, 0.3) is 5.91 Å². The molecule has 0 aliphatic carbocycles. The number of aromatic nitrogens is 2. The molecule has 0 saturated carbocycles. The molecule has 1 aromatic heterocycles. The molecule has 3 heterocycles. The van der Waals surface area contributed by atoms with Crippen LogP contribution in [-0.4, -0.2) is 49.8 Å². The zero-order chi connectivity index (χ0) is 22.0. The second-order valence-electron chi connectivity index (χ2n) is 7.67. The summed E-state index contributed by atoms with van der Waals surface area (Å²) in [5.41, 5.74) is 0.0941. The van der Waals surface area contributed by atoms with Crippen molar-refractivity contribution in [2.24, 2.45) is 0 Å². The van der Waals surface area contributed by atoms with Crippen molar-refractivity contribution >= 4 is 41.0 Å². The molecule has 1 aromatic carbocycles. The number of nitrogens with one attached hydrogen (secondary N) is 1. The Labute approximate surface area is 191 Å². The third kappa shape index (κ3) is 5.34. The summed E-state index contributed by atoms with van der Waals surface area (Å²) in [5.74, 6) is -0.0542. The molecule has 4 rings (SSSR count). The Bertz CT molecular complexity index is 967. The molecule has 2 saturated heterocycles. The normalized spacial score (nSPS) is 29.1. The number of morpholine rings is 1.